The molecule has 1 aromatic heterocycles. The van der Waals surface area contributed by atoms with Gasteiger partial charge in [0.2, 0.25) is 0 Å². The summed E-state index contributed by atoms with van der Waals surface area (Å²) in [5.74, 6) is 0.108. The number of aromatic nitrogens is 1. The smallest absolute Gasteiger partial charge is 0.263 e. The lowest BCUT2D eigenvalue weighted by Crippen LogP contribution is -2.49. The van der Waals surface area contributed by atoms with Crippen molar-refractivity contribution >= 4 is 23.1 Å². The van der Waals surface area contributed by atoms with Crippen LogP contribution in [0.5, 0.6) is 0 Å². The number of amidine groups is 1. The molecule has 0 aliphatic heterocycles. The zero-order valence-electron chi connectivity index (χ0n) is 11.5. The van der Waals surface area contributed by atoms with Crippen LogP contribution >= 0.6 is 11.3 Å². The molecule has 0 radical (unpaired) electrons. The van der Waals surface area contributed by atoms with E-state index in [1.165, 1.54) is 17.8 Å². The van der Waals surface area contributed by atoms with Crippen LogP contribution in [0.1, 0.15) is 47.5 Å². The molecule has 1 unspecified atom stereocenters. The molecule has 6 nitrogen and oxygen atoms in total. The van der Waals surface area contributed by atoms with Gasteiger partial charge in [0, 0.05) is 0 Å². The summed E-state index contributed by atoms with van der Waals surface area (Å²) in [5, 5.41) is 14.9. The highest BCUT2D eigenvalue weighted by Gasteiger charge is 2.29. The molecule has 2 rings (SSSR count). The Morgan fingerprint density at radius 3 is 2.80 bits per heavy atom. The lowest BCUT2D eigenvalue weighted by atomic mass is 9.83. The Balaban J connectivity index is 2.11. The molecule has 20 heavy (non-hydrogen) atoms. The summed E-state index contributed by atoms with van der Waals surface area (Å²) >= 11 is 1.30. The van der Waals surface area contributed by atoms with Crippen molar-refractivity contribution in [1.29, 1.82) is 0 Å². The van der Waals surface area contributed by atoms with E-state index in [-0.39, 0.29) is 17.7 Å². The minimum atomic E-state index is -0.408. The van der Waals surface area contributed by atoms with Crippen LogP contribution < -0.4 is 11.1 Å². The predicted octanol–water partition coefficient (Wildman–Crippen LogP) is 1.88. The molecule has 1 heterocycles. The summed E-state index contributed by atoms with van der Waals surface area (Å²) in [7, 11) is 0. The van der Waals surface area contributed by atoms with E-state index in [9.17, 15) is 4.79 Å². The van der Waals surface area contributed by atoms with Crippen LogP contribution in [0.25, 0.3) is 0 Å². The van der Waals surface area contributed by atoms with Gasteiger partial charge in [0.15, 0.2) is 5.84 Å². The average Bonchev–Trinajstić information content (AvgIpc) is 2.91. The molecular weight excluding hydrogens is 276 g/mol. The van der Waals surface area contributed by atoms with Crippen molar-refractivity contribution in [2.45, 2.75) is 45.1 Å². The van der Waals surface area contributed by atoms with Gasteiger partial charge in [-0.2, -0.15) is 0 Å². The number of amides is 1. The summed E-state index contributed by atoms with van der Waals surface area (Å²) in [4.78, 5) is 16.9. The Bertz CT molecular complexity index is 494. The molecule has 0 spiro atoms. The number of nitrogens with zero attached hydrogens (tertiary/aromatic N) is 2. The molecule has 1 saturated carbocycles. The third-order valence-corrected chi connectivity index (χ3v) is 4.72. The maximum atomic E-state index is 12.3. The number of thiazole rings is 1. The number of nitrogens with two attached hydrogens (primary N) is 1. The zero-order valence-corrected chi connectivity index (χ0v) is 12.3. The van der Waals surface area contributed by atoms with Crippen molar-refractivity contribution in [2.24, 2.45) is 16.8 Å². The van der Waals surface area contributed by atoms with Crippen LogP contribution in [-0.2, 0) is 0 Å². The Labute approximate surface area is 122 Å². The SMILES string of the molecule is Cc1ncsc1C(=O)NC(/C(N)=N/O)C1CCCCC1. The zero-order chi connectivity index (χ0) is 14.5. The van der Waals surface area contributed by atoms with Crippen LogP contribution in [0.15, 0.2) is 10.7 Å². The number of hydrogen-bond donors (Lipinski definition) is 3. The second-order valence-electron chi connectivity index (χ2n) is 5.14. The van der Waals surface area contributed by atoms with E-state index in [0.717, 1.165) is 25.7 Å². The number of nitrogens with one attached hydrogen (secondary N) is 1. The monoisotopic (exact) mass is 296 g/mol. The molecular formula is C13H20N4O2S. The maximum absolute atomic E-state index is 12.3. The van der Waals surface area contributed by atoms with Crippen LogP contribution in [0, 0.1) is 12.8 Å². The van der Waals surface area contributed by atoms with Gasteiger partial charge in [-0.25, -0.2) is 4.98 Å². The van der Waals surface area contributed by atoms with Gasteiger partial charge in [-0.3, -0.25) is 4.79 Å². The fraction of sp³-hybridized carbons (Fsp3) is 0.615. The van der Waals surface area contributed by atoms with Gasteiger partial charge < -0.3 is 16.3 Å². The topological polar surface area (TPSA) is 101 Å². The van der Waals surface area contributed by atoms with E-state index in [1.54, 1.807) is 12.4 Å². The highest BCUT2D eigenvalue weighted by Crippen LogP contribution is 2.27. The minimum Gasteiger partial charge on any atom is -0.409 e. The largest absolute Gasteiger partial charge is 0.409 e. The van der Waals surface area contributed by atoms with E-state index < -0.39 is 6.04 Å². The van der Waals surface area contributed by atoms with Crippen molar-refractivity contribution in [3.8, 4) is 0 Å². The maximum Gasteiger partial charge on any atom is 0.263 e. The van der Waals surface area contributed by atoms with Gasteiger partial charge in [0.05, 0.1) is 17.2 Å². The normalized spacial score (nSPS) is 18.8. The summed E-state index contributed by atoms with van der Waals surface area (Å²) in [6, 6.07) is -0.408. The van der Waals surface area contributed by atoms with Crippen molar-refractivity contribution < 1.29 is 10.0 Å². The molecule has 1 amide bonds. The van der Waals surface area contributed by atoms with Crippen LogP contribution in [-0.4, -0.2) is 28.0 Å². The quantitative estimate of drug-likeness (QED) is 0.342. The van der Waals surface area contributed by atoms with Crippen LogP contribution in [0.4, 0.5) is 0 Å². The first-order valence-corrected chi connectivity index (χ1v) is 7.69. The molecule has 1 atom stereocenters. The van der Waals surface area contributed by atoms with Gasteiger partial charge in [-0.05, 0) is 25.7 Å². The molecule has 1 fully saturated rings. The molecule has 1 aliphatic carbocycles. The number of rotatable bonds is 4. The molecule has 0 saturated heterocycles. The number of carbonyl (C=O) groups is 1. The number of aryl methyl sites for hydroxylation is 1. The summed E-state index contributed by atoms with van der Waals surface area (Å²) in [5.41, 5.74) is 8.11. The number of hydrogen-bond acceptors (Lipinski definition) is 5. The van der Waals surface area contributed by atoms with Crippen molar-refractivity contribution in [3.05, 3.63) is 16.1 Å². The standard InChI is InChI=1S/C13H20N4O2S/c1-8-11(20-7-15-8)13(18)16-10(12(14)17-19)9-5-3-2-4-6-9/h7,9-10,19H,2-6H2,1H3,(H2,14,17)(H,16,18). The van der Waals surface area contributed by atoms with Crippen molar-refractivity contribution in [3.63, 3.8) is 0 Å². The Morgan fingerprint density at radius 2 is 2.25 bits per heavy atom. The van der Waals surface area contributed by atoms with E-state index >= 15 is 0 Å². The van der Waals surface area contributed by atoms with Gasteiger partial charge in [0.1, 0.15) is 4.88 Å². The molecule has 4 N–H and O–H groups in total. The Morgan fingerprint density at radius 1 is 1.55 bits per heavy atom. The molecule has 1 aromatic rings. The van der Waals surface area contributed by atoms with Gasteiger partial charge in [0.25, 0.3) is 5.91 Å². The van der Waals surface area contributed by atoms with Crippen molar-refractivity contribution in [2.75, 3.05) is 0 Å². The summed E-state index contributed by atoms with van der Waals surface area (Å²) < 4.78 is 0. The molecule has 0 aromatic carbocycles. The Kier molecular flexibility index (Phi) is 4.94. The lowest BCUT2D eigenvalue weighted by Gasteiger charge is -2.29. The summed E-state index contributed by atoms with van der Waals surface area (Å²) in [6.07, 6.45) is 5.43. The van der Waals surface area contributed by atoms with Crippen LogP contribution in [0.2, 0.25) is 0 Å². The predicted molar refractivity (Wildman–Crippen MR) is 78.1 cm³/mol. The van der Waals surface area contributed by atoms with E-state index in [1.807, 2.05) is 0 Å². The minimum absolute atomic E-state index is 0.0763. The first-order chi connectivity index (χ1) is 9.63. The molecule has 1 aliphatic rings. The summed E-state index contributed by atoms with van der Waals surface area (Å²) in [6.45, 7) is 1.80. The van der Waals surface area contributed by atoms with Gasteiger partial charge >= 0.3 is 0 Å². The highest BCUT2D eigenvalue weighted by molar-refractivity contribution is 7.11. The van der Waals surface area contributed by atoms with Gasteiger partial charge in [-0.15, -0.1) is 11.3 Å². The first-order valence-electron chi connectivity index (χ1n) is 6.82. The second kappa shape index (κ2) is 6.69. The van der Waals surface area contributed by atoms with Gasteiger partial charge in [-0.1, -0.05) is 24.4 Å². The number of carbonyl (C=O) groups excluding carboxylic acids is 1. The molecule has 0 bridgehead atoms. The van der Waals surface area contributed by atoms with Crippen molar-refractivity contribution in [1.82, 2.24) is 10.3 Å². The van der Waals surface area contributed by atoms with E-state index in [4.69, 9.17) is 10.9 Å². The molecule has 110 valence electrons. The second-order valence-corrected chi connectivity index (χ2v) is 6.00. The molecule has 7 heteroatoms. The highest BCUT2D eigenvalue weighted by atomic mass is 32.1. The fourth-order valence-electron chi connectivity index (χ4n) is 2.69. The van der Waals surface area contributed by atoms with E-state index in [0.29, 0.717) is 10.6 Å². The third kappa shape index (κ3) is 3.27. The van der Waals surface area contributed by atoms with Crippen LogP contribution in [0.3, 0.4) is 0 Å². The average molecular weight is 296 g/mol. The van der Waals surface area contributed by atoms with E-state index in [2.05, 4.69) is 15.5 Å². The third-order valence-electron chi connectivity index (χ3n) is 3.79. The lowest BCUT2D eigenvalue weighted by molar-refractivity contribution is 0.0934. The number of oxime groups is 1. The fourth-order valence-corrected chi connectivity index (χ4v) is 3.40. The first kappa shape index (κ1) is 14.8. The Hall–Kier alpha value is -1.63.